The van der Waals surface area contributed by atoms with E-state index in [4.69, 9.17) is 0 Å². The molecule has 5 heteroatoms. The summed E-state index contributed by atoms with van der Waals surface area (Å²) < 4.78 is 27.5. The molecule has 3 aromatic carbocycles. The van der Waals surface area contributed by atoms with Gasteiger partial charge < -0.3 is 5.32 Å². The Morgan fingerprint density at radius 1 is 0.769 bits per heavy atom. The zero-order chi connectivity index (χ0) is 18.6. The van der Waals surface area contributed by atoms with Crippen LogP contribution in [0, 0.1) is 6.92 Å². The van der Waals surface area contributed by atoms with Crippen LogP contribution in [0.4, 0.5) is 17.1 Å². The second-order valence-corrected chi connectivity index (χ2v) is 7.63. The van der Waals surface area contributed by atoms with Gasteiger partial charge in [-0.05, 0) is 61.0 Å². The van der Waals surface area contributed by atoms with Gasteiger partial charge in [-0.3, -0.25) is 4.72 Å². The zero-order valence-electron chi connectivity index (χ0n) is 14.4. The fourth-order valence-corrected chi connectivity index (χ4v) is 3.48. The van der Waals surface area contributed by atoms with Gasteiger partial charge in [-0.25, -0.2) is 8.42 Å². The van der Waals surface area contributed by atoms with Crippen LogP contribution in [0.15, 0.2) is 84.3 Å². The van der Waals surface area contributed by atoms with Gasteiger partial charge in [0.05, 0.1) is 4.90 Å². The van der Waals surface area contributed by atoms with Crippen LogP contribution in [-0.2, 0) is 10.0 Å². The minimum atomic E-state index is -3.62. The largest absolute Gasteiger partial charge is 0.356 e. The van der Waals surface area contributed by atoms with Crippen LogP contribution >= 0.6 is 0 Å². The first-order valence-corrected chi connectivity index (χ1v) is 9.64. The molecule has 26 heavy (non-hydrogen) atoms. The van der Waals surface area contributed by atoms with Crippen LogP contribution in [-0.4, -0.2) is 8.42 Å². The molecular formula is C21H20N2O2S. The van der Waals surface area contributed by atoms with Crippen molar-refractivity contribution in [2.24, 2.45) is 0 Å². The lowest BCUT2D eigenvalue weighted by atomic mass is 10.2. The standard InChI is InChI=1S/C21H20N2O2S/c1-3-17-6-14-21(15-7-17)26(24,25)23-20-12-10-19(11-13-20)22-18-8-4-16(2)5-9-18/h3-15,22-23H,1H2,2H3. The number of hydrogen-bond donors (Lipinski definition) is 2. The molecule has 0 bridgehead atoms. The molecule has 3 rings (SSSR count). The highest BCUT2D eigenvalue weighted by atomic mass is 32.2. The van der Waals surface area contributed by atoms with E-state index < -0.39 is 10.0 Å². The van der Waals surface area contributed by atoms with Gasteiger partial charge in [0.15, 0.2) is 0 Å². The molecule has 0 aliphatic heterocycles. The summed E-state index contributed by atoms with van der Waals surface area (Å²) in [7, 11) is -3.62. The van der Waals surface area contributed by atoms with Crippen molar-refractivity contribution in [2.75, 3.05) is 10.0 Å². The predicted molar refractivity (Wildman–Crippen MR) is 108 cm³/mol. The molecule has 4 nitrogen and oxygen atoms in total. The lowest BCUT2D eigenvalue weighted by Gasteiger charge is -2.10. The molecule has 0 aliphatic rings. The van der Waals surface area contributed by atoms with Crippen LogP contribution < -0.4 is 10.0 Å². The Morgan fingerprint density at radius 2 is 1.27 bits per heavy atom. The Bertz CT molecular complexity index is 991. The molecule has 0 amide bonds. The van der Waals surface area contributed by atoms with Crippen LogP contribution in [0.2, 0.25) is 0 Å². The number of nitrogens with one attached hydrogen (secondary N) is 2. The zero-order valence-corrected chi connectivity index (χ0v) is 15.3. The third-order valence-electron chi connectivity index (χ3n) is 3.90. The highest BCUT2D eigenvalue weighted by Crippen LogP contribution is 2.21. The number of anilines is 3. The summed E-state index contributed by atoms with van der Waals surface area (Å²) in [6.45, 7) is 5.70. The summed E-state index contributed by atoms with van der Waals surface area (Å²) in [4.78, 5) is 0.213. The van der Waals surface area contributed by atoms with E-state index in [1.54, 1.807) is 42.5 Å². The number of benzene rings is 3. The third-order valence-corrected chi connectivity index (χ3v) is 5.30. The molecule has 2 N–H and O–H groups in total. The SMILES string of the molecule is C=Cc1ccc(S(=O)(=O)Nc2ccc(Nc3ccc(C)cc3)cc2)cc1. The van der Waals surface area contributed by atoms with E-state index in [1.165, 1.54) is 5.56 Å². The molecule has 0 fully saturated rings. The molecule has 0 atom stereocenters. The molecule has 0 aliphatic carbocycles. The van der Waals surface area contributed by atoms with Crippen molar-refractivity contribution in [1.82, 2.24) is 0 Å². The summed E-state index contributed by atoms with van der Waals surface area (Å²) in [5, 5.41) is 3.28. The number of sulfonamides is 1. The van der Waals surface area contributed by atoms with Gasteiger partial charge in [0.25, 0.3) is 10.0 Å². The summed E-state index contributed by atoms with van der Waals surface area (Å²) in [6, 6.07) is 21.7. The minimum Gasteiger partial charge on any atom is -0.356 e. The van der Waals surface area contributed by atoms with Gasteiger partial charge in [-0.1, -0.05) is 42.5 Å². The molecule has 0 spiro atoms. The first kappa shape index (κ1) is 17.8. The maximum atomic E-state index is 12.5. The molecule has 0 heterocycles. The van der Waals surface area contributed by atoms with Crippen molar-refractivity contribution in [2.45, 2.75) is 11.8 Å². The van der Waals surface area contributed by atoms with Gasteiger partial charge in [-0.2, -0.15) is 0 Å². The summed E-state index contributed by atoms with van der Waals surface area (Å²) >= 11 is 0. The Morgan fingerprint density at radius 3 is 1.81 bits per heavy atom. The van der Waals surface area contributed by atoms with Gasteiger partial charge >= 0.3 is 0 Å². The van der Waals surface area contributed by atoms with E-state index >= 15 is 0 Å². The van der Waals surface area contributed by atoms with E-state index in [-0.39, 0.29) is 4.90 Å². The van der Waals surface area contributed by atoms with E-state index in [0.717, 1.165) is 16.9 Å². The van der Waals surface area contributed by atoms with Crippen molar-refractivity contribution in [3.8, 4) is 0 Å². The van der Waals surface area contributed by atoms with Gasteiger partial charge in [0.2, 0.25) is 0 Å². The fraction of sp³-hybridized carbons (Fsp3) is 0.0476. The molecular weight excluding hydrogens is 344 g/mol. The van der Waals surface area contributed by atoms with E-state index in [9.17, 15) is 8.42 Å². The second kappa shape index (κ2) is 7.45. The van der Waals surface area contributed by atoms with Crippen LogP contribution in [0.3, 0.4) is 0 Å². The summed E-state index contributed by atoms with van der Waals surface area (Å²) in [5.74, 6) is 0. The topological polar surface area (TPSA) is 58.2 Å². The lowest BCUT2D eigenvalue weighted by Crippen LogP contribution is -2.12. The van der Waals surface area contributed by atoms with E-state index in [0.29, 0.717) is 5.69 Å². The van der Waals surface area contributed by atoms with Crippen molar-refractivity contribution in [3.05, 3.63) is 90.5 Å². The molecule has 0 saturated heterocycles. The molecule has 0 unspecified atom stereocenters. The average molecular weight is 364 g/mol. The van der Waals surface area contributed by atoms with E-state index in [2.05, 4.69) is 16.6 Å². The fourth-order valence-electron chi connectivity index (χ4n) is 2.42. The Hall–Kier alpha value is -3.05. The normalized spacial score (nSPS) is 11.0. The molecule has 132 valence electrons. The van der Waals surface area contributed by atoms with Crippen molar-refractivity contribution < 1.29 is 8.42 Å². The van der Waals surface area contributed by atoms with Crippen LogP contribution in [0.25, 0.3) is 6.08 Å². The smallest absolute Gasteiger partial charge is 0.261 e. The predicted octanol–water partition coefficient (Wildman–Crippen LogP) is 5.18. The monoisotopic (exact) mass is 364 g/mol. The highest BCUT2D eigenvalue weighted by Gasteiger charge is 2.13. The summed E-state index contributed by atoms with van der Waals surface area (Å²) in [6.07, 6.45) is 1.67. The third kappa shape index (κ3) is 4.32. The molecule has 0 aromatic heterocycles. The highest BCUT2D eigenvalue weighted by molar-refractivity contribution is 7.92. The van der Waals surface area contributed by atoms with Crippen LogP contribution in [0.1, 0.15) is 11.1 Å². The first-order chi connectivity index (χ1) is 12.5. The van der Waals surface area contributed by atoms with Gasteiger partial charge in [0, 0.05) is 17.1 Å². The Kier molecular flexibility index (Phi) is 5.09. The lowest BCUT2D eigenvalue weighted by molar-refractivity contribution is 0.601. The van der Waals surface area contributed by atoms with Crippen LogP contribution in [0.5, 0.6) is 0 Å². The number of aryl methyl sites for hydroxylation is 1. The van der Waals surface area contributed by atoms with Gasteiger partial charge in [-0.15, -0.1) is 0 Å². The molecule has 0 saturated carbocycles. The minimum absolute atomic E-state index is 0.213. The average Bonchev–Trinajstić information content (AvgIpc) is 2.65. The van der Waals surface area contributed by atoms with Crippen molar-refractivity contribution in [1.29, 1.82) is 0 Å². The van der Waals surface area contributed by atoms with E-state index in [1.807, 2.05) is 43.3 Å². The van der Waals surface area contributed by atoms with Gasteiger partial charge in [0.1, 0.15) is 0 Å². The maximum Gasteiger partial charge on any atom is 0.261 e. The number of hydrogen-bond acceptors (Lipinski definition) is 3. The summed E-state index contributed by atoms with van der Waals surface area (Å²) in [5.41, 5.74) is 4.43. The quantitative estimate of drug-likeness (QED) is 0.633. The molecule has 0 radical (unpaired) electrons. The Balaban J connectivity index is 1.71. The van der Waals surface area contributed by atoms with Crippen molar-refractivity contribution in [3.63, 3.8) is 0 Å². The maximum absolute atomic E-state index is 12.5. The number of rotatable bonds is 6. The Labute approximate surface area is 154 Å². The first-order valence-electron chi connectivity index (χ1n) is 8.15. The molecule has 3 aromatic rings. The van der Waals surface area contributed by atoms with Crippen molar-refractivity contribution >= 4 is 33.2 Å². The second-order valence-electron chi connectivity index (χ2n) is 5.95.